The van der Waals surface area contributed by atoms with Crippen LogP contribution in [0.2, 0.25) is 0 Å². The number of hydrogen-bond donors (Lipinski definition) is 2. The van der Waals surface area contributed by atoms with Crippen LogP contribution in [0.15, 0.2) is 4.99 Å². The quantitative estimate of drug-likeness (QED) is 0.395. The second kappa shape index (κ2) is 8.31. The van der Waals surface area contributed by atoms with Gasteiger partial charge in [-0.25, -0.2) is 0 Å². The van der Waals surface area contributed by atoms with E-state index in [0.29, 0.717) is 18.1 Å². The summed E-state index contributed by atoms with van der Waals surface area (Å²) >= 11 is 0. The smallest absolute Gasteiger partial charge is 0.191 e. The van der Waals surface area contributed by atoms with Crippen molar-refractivity contribution in [3.05, 3.63) is 0 Å². The molecule has 1 saturated carbocycles. The van der Waals surface area contributed by atoms with Crippen molar-refractivity contribution >= 4 is 5.96 Å². The normalized spacial score (nSPS) is 29.3. The average molecular weight is 326 g/mol. The van der Waals surface area contributed by atoms with Crippen LogP contribution in [0, 0.1) is 11.3 Å². The molecule has 0 radical (unpaired) electrons. The minimum atomic E-state index is 0.176. The molecule has 1 heterocycles. The summed E-state index contributed by atoms with van der Waals surface area (Å²) in [6, 6.07) is 0.445. The zero-order valence-corrected chi connectivity index (χ0v) is 15.4. The van der Waals surface area contributed by atoms with Crippen LogP contribution in [0.1, 0.15) is 26.7 Å². The molecule has 1 saturated heterocycles. The molecule has 1 aliphatic heterocycles. The maximum absolute atomic E-state index is 5.85. The lowest BCUT2D eigenvalue weighted by Gasteiger charge is -2.54. The Balaban J connectivity index is 1.70. The summed E-state index contributed by atoms with van der Waals surface area (Å²) in [4.78, 5) is 6.69. The van der Waals surface area contributed by atoms with Gasteiger partial charge in [0.1, 0.15) is 0 Å². The van der Waals surface area contributed by atoms with E-state index >= 15 is 0 Å². The first-order valence-electron chi connectivity index (χ1n) is 8.77. The summed E-state index contributed by atoms with van der Waals surface area (Å²) in [7, 11) is 5.73. The molecular weight excluding hydrogens is 292 g/mol. The van der Waals surface area contributed by atoms with Crippen LogP contribution in [-0.2, 0) is 9.47 Å². The van der Waals surface area contributed by atoms with Crippen LogP contribution >= 0.6 is 0 Å². The molecule has 2 aliphatic rings. The van der Waals surface area contributed by atoms with Crippen LogP contribution in [0.5, 0.6) is 0 Å². The Morgan fingerprint density at radius 1 is 1.39 bits per heavy atom. The average Bonchev–Trinajstić information content (AvgIpc) is 2.97. The molecule has 2 N–H and O–H groups in total. The first kappa shape index (κ1) is 18.5. The Labute approximate surface area is 141 Å². The van der Waals surface area contributed by atoms with E-state index in [0.717, 1.165) is 51.6 Å². The number of likely N-dealkylation sites (N-methyl/N-ethyl adjacent to an activating group) is 1. The molecule has 3 atom stereocenters. The highest BCUT2D eigenvalue weighted by Gasteiger charge is 2.59. The third kappa shape index (κ3) is 4.37. The van der Waals surface area contributed by atoms with Crippen molar-refractivity contribution in [1.82, 2.24) is 15.5 Å². The highest BCUT2D eigenvalue weighted by atomic mass is 16.5. The number of guanidine groups is 1. The minimum absolute atomic E-state index is 0.176. The van der Waals surface area contributed by atoms with Crippen LogP contribution in [-0.4, -0.2) is 77.1 Å². The van der Waals surface area contributed by atoms with Gasteiger partial charge in [0.05, 0.1) is 6.10 Å². The predicted molar refractivity (Wildman–Crippen MR) is 93.9 cm³/mol. The first-order valence-corrected chi connectivity index (χ1v) is 8.77. The molecule has 2 fully saturated rings. The van der Waals surface area contributed by atoms with Gasteiger partial charge in [0.15, 0.2) is 5.96 Å². The zero-order chi connectivity index (χ0) is 16.9. The Morgan fingerprint density at radius 3 is 2.87 bits per heavy atom. The number of aliphatic imine (C=N–C) groups is 1. The van der Waals surface area contributed by atoms with Gasteiger partial charge in [-0.1, -0.05) is 13.8 Å². The van der Waals surface area contributed by atoms with Gasteiger partial charge in [0, 0.05) is 64.4 Å². The molecule has 6 heteroatoms. The first-order chi connectivity index (χ1) is 11.0. The van der Waals surface area contributed by atoms with E-state index in [2.05, 4.69) is 41.4 Å². The monoisotopic (exact) mass is 326 g/mol. The fourth-order valence-corrected chi connectivity index (χ4v) is 3.91. The number of nitrogens with zero attached hydrogens (tertiary/aromatic N) is 2. The van der Waals surface area contributed by atoms with Crippen LogP contribution < -0.4 is 10.6 Å². The molecule has 3 unspecified atom stereocenters. The summed E-state index contributed by atoms with van der Waals surface area (Å²) in [6.45, 7) is 9.23. The maximum atomic E-state index is 5.85. The molecule has 0 amide bonds. The zero-order valence-electron chi connectivity index (χ0n) is 15.4. The van der Waals surface area contributed by atoms with Crippen LogP contribution in [0.4, 0.5) is 0 Å². The second-order valence-electron chi connectivity index (χ2n) is 7.34. The van der Waals surface area contributed by atoms with E-state index in [9.17, 15) is 0 Å². The van der Waals surface area contributed by atoms with Gasteiger partial charge in [-0.15, -0.1) is 0 Å². The van der Waals surface area contributed by atoms with E-state index in [4.69, 9.17) is 9.47 Å². The van der Waals surface area contributed by atoms with Crippen LogP contribution in [0.3, 0.4) is 0 Å². The van der Waals surface area contributed by atoms with E-state index in [1.54, 1.807) is 7.11 Å². The highest BCUT2D eigenvalue weighted by Crippen LogP contribution is 2.51. The number of methoxy groups -OCH3 is 1. The van der Waals surface area contributed by atoms with Crippen molar-refractivity contribution in [1.29, 1.82) is 0 Å². The maximum Gasteiger partial charge on any atom is 0.191 e. The van der Waals surface area contributed by atoms with Gasteiger partial charge in [-0.05, 0) is 19.9 Å². The van der Waals surface area contributed by atoms with E-state index in [1.807, 2.05) is 7.05 Å². The molecule has 1 aliphatic carbocycles. The SMILES string of the molecule is CN=C(NCCN(C)CCCOC)NC1C2CCOC2C1(C)C. The Hall–Kier alpha value is -0.850. The van der Waals surface area contributed by atoms with Crippen molar-refractivity contribution in [2.75, 3.05) is 54.1 Å². The molecule has 23 heavy (non-hydrogen) atoms. The lowest BCUT2D eigenvalue weighted by atomic mass is 9.57. The fourth-order valence-electron chi connectivity index (χ4n) is 3.91. The largest absolute Gasteiger partial charge is 0.385 e. The summed E-state index contributed by atoms with van der Waals surface area (Å²) < 4.78 is 10.9. The summed E-state index contributed by atoms with van der Waals surface area (Å²) in [5.74, 6) is 1.53. The van der Waals surface area contributed by atoms with Gasteiger partial charge in [-0.2, -0.15) is 0 Å². The highest BCUT2D eigenvalue weighted by molar-refractivity contribution is 5.80. The predicted octanol–water partition coefficient (Wildman–Crippen LogP) is 0.933. The number of nitrogens with one attached hydrogen (secondary N) is 2. The number of fused-ring (bicyclic) bond motifs is 1. The van der Waals surface area contributed by atoms with E-state index in [1.165, 1.54) is 0 Å². The van der Waals surface area contributed by atoms with Crippen LogP contribution in [0.25, 0.3) is 0 Å². The summed E-state index contributed by atoms with van der Waals surface area (Å²) in [6.07, 6.45) is 2.63. The van der Waals surface area contributed by atoms with Crippen molar-refractivity contribution in [3.63, 3.8) is 0 Å². The van der Waals surface area contributed by atoms with Gasteiger partial charge in [0.25, 0.3) is 0 Å². The van der Waals surface area contributed by atoms with Gasteiger partial charge >= 0.3 is 0 Å². The summed E-state index contributed by atoms with van der Waals surface area (Å²) in [5.41, 5.74) is 0.176. The Morgan fingerprint density at radius 2 is 2.17 bits per heavy atom. The van der Waals surface area contributed by atoms with Gasteiger partial charge in [-0.3, -0.25) is 4.99 Å². The molecule has 0 aromatic heterocycles. The number of ether oxygens (including phenoxy) is 2. The topological polar surface area (TPSA) is 58.1 Å². The third-order valence-corrected chi connectivity index (χ3v) is 5.29. The minimum Gasteiger partial charge on any atom is -0.385 e. The second-order valence-corrected chi connectivity index (χ2v) is 7.34. The van der Waals surface area contributed by atoms with E-state index < -0.39 is 0 Å². The molecular formula is C17H34N4O2. The molecule has 0 spiro atoms. The molecule has 134 valence electrons. The van der Waals surface area contributed by atoms with Crippen molar-refractivity contribution < 1.29 is 9.47 Å². The molecule has 0 bridgehead atoms. The lowest BCUT2D eigenvalue weighted by Crippen LogP contribution is -2.68. The van der Waals surface area contributed by atoms with Gasteiger partial charge in [0.2, 0.25) is 0 Å². The van der Waals surface area contributed by atoms with Crippen molar-refractivity contribution in [2.45, 2.75) is 38.8 Å². The fraction of sp³-hybridized carbons (Fsp3) is 0.941. The molecule has 2 rings (SSSR count). The number of rotatable bonds is 8. The lowest BCUT2D eigenvalue weighted by molar-refractivity contribution is -0.106. The Kier molecular flexibility index (Phi) is 6.68. The van der Waals surface area contributed by atoms with Crippen molar-refractivity contribution in [3.8, 4) is 0 Å². The van der Waals surface area contributed by atoms with E-state index in [-0.39, 0.29) is 5.41 Å². The third-order valence-electron chi connectivity index (χ3n) is 5.29. The number of hydrogen-bond acceptors (Lipinski definition) is 4. The molecule has 6 nitrogen and oxygen atoms in total. The van der Waals surface area contributed by atoms with Crippen molar-refractivity contribution in [2.24, 2.45) is 16.3 Å². The molecule has 0 aromatic carbocycles. The molecule has 0 aromatic rings. The van der Waals surface area contributed by atoms with Gasteiger partial charge < -0.3 is 25.0 Å². The summed E-state index contributed by atoms with van der Waals surface area (Å²) in [5, 5.41) is 7.04. The Bertz CT molecular complexity index is 400. The standard InChI is InChI=1S/C17H34N4O2/c1-17(2)14(13-7-12-23-15(13)17)20-16(18-3)19-8-10-21(4)9-6-11-22-5/h13-15H,6-12H2,1-5H3,(H2,18,19,20).